The van der Waals surface area contributed by atoms with Crippen molar-refractivity contribution >= 4 is 24.5 Å². The van der Waals surface area contributed by atoms with Crippen molar-refractivity contribution in [1.82, 2.24) is 4.90 Å². The molecule has 0 aliphatic carbocycles. The van der Waals surface area contributed by atoms with Crippen molar-refractivity contribution in [3.05, 3.63) is 29.8 Å². The lowest BCUT2D eigenvalue weighted by Gasteiger charge is -2.25. The number of methoxy groups -OCH3 is 1. The van der Waals surface area contributed by atoms with E-state index in [9.17, 15) is 14.7 Å². The minimum atomic E-state index is -0.644. The average Bonchev–Trinajstić information content (AvgIpc) is 2.76. The van der Waals surface area contributed by atoms with Crippen molar-refractivity contribution in [2.75, 3.05) is 13.7 Å². The minimum absolute atomic E-state index is 0.0468. The number of amides is 1. The van der Waals surface area contributed by atoms with Crippen LogP contribution in [0.5, 0.6) is 5.75 Å². The molecule has 6 heteroatoms. The van der Waals surface area contributed by atoms with E-state index in [4.69, 9.17) is 4.74 Å². The summed E-state index contributed by atoms with van der Waals surface area (Å²) in [5.41, 5.74) is 0.855. The summed E-state index contributed by atoms with van der Waals surface area (Å²) in [4.78, 5) is 25.4. The molecule has 1 aromatic carbocycles. The van der Waals surface area contributed by atoms with Gasteiger partial charge in [0.25, 0.3) is 0 Å². The second-order valence-corrected chi connectivity index (χ2v) is 5.54. The van der Waals surface area contributed by atoms with Crippen molar-refractivity contribution in [3.8, 4) is 5.75 Å². The van der Waals surface area contributed by atoms with Crippen molar-refractivity contribution in [2.24, 2.45) is 0 Å². The van der Waals surface area contributed by atoms with Crippen LogP contribution in [0.25, 0.3) is 0 Å². The number of benzene rings is 1. The van der Waals surface area contributed by atoms with Gasteiger partial charge in [-0.05, 0) is 17.7 Å². The number of nitrogens with zero attached hydrogens (tertiary/aromatic N) is 1. The van der Waals surface area contributed by atoms with Gasteiger partial charge in [-0.3, -0.25) is 4.79 Å². The van der Waals surface area contributed by atoms with Gasteiger partial charge >= 0.3 is 5.97 Å². The molecule has 0 saturated carbocycles. The molecule has 0 aromatic heterocycles. The van der Waals surface area contributed by atoms with Crippen LogP contribution >= 0.6 is 12.6 Å². The number of aromatic hydroxyl groups is 1. The third-order valence-electron chi connectivity index (χ3n) is 3.35. The molecule has 1 amide bonds. The Bertz CT molecular complexity index is 502. The molecule has 1 unspecified atom stereocenters. The second kappa shape index (κ2) is 6.17. The molecule has 1 aliphatic heterocycles. The summed E-state index contributed by atoms with van der Waals surface area (Å²) in [5.74, 6) is -0.357. The Morgan fingerprint density at radius 3 is 2.65 bits per heavy atom. The fraction of sp³-hybridized carbons (Fsp3) is 0.429. The van der Waals surface area contributed by atoms with Crippen LogP contribution in [-0.4, -0.2) is 46.8 Å². The van der Waals surface area contributed by atoms with Gasteiger partial charge < -0.3 is 14.7 Å². The lowest BCUT2D eigenvalue weighted by Crippen LogP contribution is -2.44. The number of phenols is 1. The molecule has 1 aliphatic rings. The molecule has 0 bridgehead atoms. The van der Waals surface area contributed by atoms with Gasteiger partial charge in [-0.2, -0.15) is 12.6 Å². The highest BCUT2D eigenvalue weighted by Gasteiger charge is 2.37. The first-order valence-corrected chi connectivity index (χ1v) is 6.86. The summed E-state index contributed by atoms with van der Waals surface area (Å²) in [5, 5.41) is 9.22. The summed E-state index contributed by atoms with van der Waals surface area (Å²) >= 11 is 4.30. The molecule has 1 heterocycles. The van der Waals surface area contributed by atoms with E-state index in [-0.39, 0.29) is 16.9 Å². The Kier molecular flexibility index (Phi) is 4.54. The highest BCUT2D eigenvalue weighted by Crippen LogP contribution is 2.22. The molecule has 2 atom stereocenters. The molecule has 1 aromatic rings. The van der Waals surface area contributed by atoms with Crippen LogP contribution < -0.4 is 0 Å². The first kappa shape index (κ1) is 14.7. The first-order chi connectivity index (χ1) is 9.51. The zero-order valence-electron chi connectivity index (χ0n) is 11.2. The number of likely N-dealkylation sites (tertiary alicyclic amines) is 1. The third kappa shape index (κ3) is 3.25. The Morgan fingerprint density at radius 2 is 2.15 bits per heavy atom. The molecule has 20 heavy (non-hydrogen) atoms. The molecule has 0 radical (unpaired) electrons. The van der Waals surface area contributed by atoms with Crippen LogP contribution in [-0.2, 0) is 20.7 Å². The average molecular weight is 295 g/mol. The van der Waals surface area contributed by atoms with Gasteiger partial charge in [0, 0.05) is 24.6 Å². The van der Waals surface area contributed by atoms with E-state index in [1.54, 1.807) is 24.3 Å². The monoisotopic (exact) mass is 295 g/mol. The fourth-order valence-electron chi connectivity index (χ4n) is 2.33. The van der Waals surface area contributed by atoms with Gasteiger partial charge in [0.2, 0.25) is 5.91 Å². The molecule has 0 spiro atoms. The molecular formula is C14H17NO4S. The van der Waals surface area contributed by atoms with Crippen LogP contribution in [0.1, 0.15) is 12.0 Å². The summed E-state index contributed by atoms with van der Waals surface area (Å²) in [6.45, 7) is 0.444. The van der Waals surface area contributed by atoms with Crippen molar-refractivity contribution in [2.45, 2.75) is 24.1 Å². The minimum Gasteiger partial charge on any atom is -0.508 e. The summed E-state index contributed by atoms with van der Waals surface area (Å²) in [6.07, 6.45) is 0.700. The van der Waals surface area contributed by atoms with Crippen LogP contribution in [0.3, 0.4) is 0 Å². The molecule has 1 fully saturated rings. The highest BCUT2D eigenvalue weighted by atomic mass is 32.1. The number of carbonyl (C=O) groups excluding carboxylic acids is 2. The van der Waals surface area contributed by atoms with E-state index in [2.05, 4.69) is 12.6 Å². The first-order valence-electron chi connectivity index (χ1n) is 6.34. The molecule has 1 saturated heterocycles. The standard InChI is InChI=1S/C14H17NO4S/c1-19-14(18)12(15-8-11(20)7-13(15)17)6-9-2-4-10(16)5-3-9/h2-5,11-12,16,20H,6-8H2,1H3/t11?,12-/m0/s1. The number of ether oxygens (including phenoxy) is 1. The van der Waals surface area contributed by atoms with Gasteiger partial charge in [0.15, 0.2) is 0 Å². The van der Waals surface area contributed by atoms with Crippen LogP contribution in [0.15, 0.2) is 24.3 Å². The van der Waals surface area contributed by atoms with E-state index < -0.39 is 12.0 Å². The molecule has 2 rings (SSSR count). The van der Waals surface area contributed by atoms with Gasteiger partial charge in [0.1, 0.15) is 11.8 Å². The van der Waals surface area contributed by atoms with E-state index >= 15 is 0 Å². The lowest BCUT2D eigenvalue weighted by molar-refractivity contribution is -0.151. The molecule has 1 N–H and O–H groups in total. The lowest BCUT2D eigenvalue weighted by atomic mass is 10.0. The summed E-state index contributed by atoms with van der Waals surface area (Å²) < 4.78 is 4.80. The predicted molar refractivity (Wildman–Crippen MR) is 76.7 cm³/mol. The van der Waals surface area contributed by atoms with Gasteiger partial charge in [-0.15, -0.1) is 0 Å². The maximum Gasteiger partial charge on any atom is 0.328 e. The maximum atomic E-state index is 11.9. The van der Waals surface area contributed by atoms with Crippen molar-refractivity contribution < 1.29 is 19.4 Å². The van der Waals surface area contributed by atoms with E-state index in [1.165, 1.54) is 12.0 Å². The molecule has 108 valence electrons. The Hall–Kier alpha value is -1.69. The second-order valence-electron chi connectivity index (χ2n) is 4.81. The Labute approximate surface area is 122 Å². The smallest absolute Gasteiger partial charge is 0.328 e. The zero-order chi connectivity index (χ0) is 14.7. The topological polar surface area (TPSA) is 66.8 Å². The quantitative estimate of drug-likeness (QED) is 0.642. The van der Waals surface area contributed by atoms with Gasteiger partial charge in [0.05, 0.1) is 7.11 Å². The number of esters is 1. The highest BCUT2D eigenvalue weighted by molar-refractivity contribution is 7.81. The van der Waals surface area contributed by atoms with Crippen LogP contribution in [0.2, 0.25) is 0 Å². The number of hydrogen-bond acceptors (Lipinski definition) is 5. The van der Waals surface area contributed by atoms with Gasteiger partial charge in [-0.25, -0.2) is 4.79 Å². The molecular weight excluding hydrogens is 278 g/mol. The Morgan fingerprint density at radius 1 is 1.50 bits per heavy atom. The molecule has 5 nitrogen and oxygen atoms in total. The SMILES string of the molecule is COC(=O)[C@H](Cc1ccc(O)cc1)N1CC(S)CC1=O. The Balaban J connectivity index is 2.18. The summed E-state index contributed by atoms with van der Waals surface area (Å²) in [7, 11) is 1.31. The summed E-state index contributed by atoms with van der Waals surface area (Å²) in [6, 6.07) is 5.91. The fourth-order valence-corrected chi connectivity index (χ4v) is 2.66. The van der Waals surface area contributed by atoms with Crippen LogP contribution in [0, 0.1) is 0 Å². The third-order valence-corrected chi connectivity index (χ3v) is 3.70. The van der Waals surface area contributed by atoms with Crippen molar-refractivity contribution in [3.63, 3.8) is 0 Å². The van der Waals surface area contributed by atoms with Crippen LogP contribution in [0.4, 0.5) is 0 Å². The zero-order valence-corrected chi connectivity index (χ0v) is 12.0. The number of phenolic OH excluding ortho intramolecular Hbond substituents is 1. The maximum absolute atomic E-state index is 11.9. The number of hydrogen-bond donors (Lipinski definition) is 2. The number of carbonyl (C=O) groups is 2. The number of thiol groups is 1. The van der Waals surface area contributed by atoms with E-state index in [0.29, 0.717) is 19.4 Å². The van der Waals surface area contributed by atoms with E-state index in [1.807, 2.05) is 0 Å². The predicted octanol–water partition coefficient (Wildman–Crippen LogP) is 1.01. The van der Waals surface area contributed by atoms with E-state index in [0.717, 1.165) is 5.56 Å². The van der Waals surface area contributed by atoms with Crippen molar-refractivity contribution in [1.29, 1.82) is 0 Å². The normalized spacial score (nSPS) is 20.0. The largest absolute Gasteiger partial charge is 0.508 e. The number of rotatable bonds is 4. The van der Waals surface area contributed by atoms with Gasteiger partial charge in [-0.1, -0.05) is 12.1 Å².